The van der Waals surface area contributed by atoms with Crippen LogP contribution in [0.25, 0.3) is 0 Å². The molecule has 1 atom stereocenters. The minimum absolute atomic E-state index is 0.569. The van der Waals surface area contributed by atoms with Gasteiger partial charge in [-0.25, -0.2) is 4.98 Å². The molecule has 5 nitrogen and oxygen atoms in total. The third kappa shape index (κ3) is 1.97. The van der Waals surface area contributed by atoms with Gasteiger partial charge in [-0.2, -0.15) is 0 Å². The lowest BCUT2D eigenvalue weighted by Gasteiger charge is -2.32. The average Bonchev–Trinajstić information content (AvgIpc) is 2.33. The molecule has 0 radical (unpaired) electrons. The quantitative estimate of drug-likeness (QED) is 0.678. The number of hydrogen-bond acceptors (Lipinski definition) is 5. The van der Waals surface area contributed by atoms with Gasteiger partial charge in [0.1, 0.15) is 5.82 Å². The Labute approximate surface area is 101 Å². The molecule has 1 aliphatic heterocycles. The molecule has 0 saturated carbocycles. The second-order valence-corrected chi connectivity index (χ2v) is 4.23. The maximum Gasteiger partial charge on any atom is 0.154 e. The smallest absolute Gasteiger partial charge is 0.154 e. The zero-order chi connectivity index (χ0) is 12.5. The Bertz CT molecular complexity index is 460. The van der Waals surface area contributed by atoms with E-state index in [0.29, 0.717) is 5.70 Å². The summed E-state index contributed by atoms with van der Waals surface area (Å²) in [6, 6.07) is 3.84. The molecule has 2 heterocycles. The Kier molecular flexibility index (Phi) is 2.77. The van der Waals surface area contributed by atoms with Crippen LogP contribution in [0, 0.1) is 0 Å². The Morgan fingerprint density at radius 3 is 2.65 bits per heavy atom. The summed E-state index contributed by atoms with van der Waals surface area (Å²) in [5.74, 6) is 0.881. The molecule has 0 aromatic carbocycles. The van der Waals surface area contributed by atoms with Crippen LogP contribution in [-0.4, -0.2) is 19.1 Å². The number of nitrogens with two attached hydrogens (primary N) is 2. The monoisotopic (exact) mass is 231 g/mol. The van der Waals surface area contributed by atoms with Crippen LogP contribution in [0.1, 0.15) is 5.56 Å². The zero-order valence-electron chi connectivity index (χ0n) is 10.0. The van der Waals surface area contributed by atoms with Gasteiger partial charge in [-0.3, -0.25) is 5.73 Å². The van der Waals surface area contributed by atoms with Crippen molar-refractivity contribution in [3.63, 3.8) is 0 Å². The lowest BCUT2D eigenvalue weighted by Crippen LogP contribution is -2.53. The molecule has 90 valence electrons. The highest BCUT2D eigenvalue weighted by Gasteiger charge is 2.30. The van der Waals surface area contributed by atoms with Crippen molar-refractivity contribution in [3.8, 4) is 0 Å². The van der Waals surface area contributed by atoms with Gasteiger partial charge >= 0.3 is 0 Å². The summed E-state index contributed by atoms with van der Waals surface area (Å²) in [5, 5.41) is 3.06. The second-order valence-electron chi connectivity index (χ2n) is 4.23. The first-order chi connectivity index (χ1) is 8.04. The number of allylic oxidation sites excluding steroid dienone is 2. The van der Waals surface area contributed by atoms with Crippen LogP contribution in [0.2, 0.25) is 0 Å². The minimum Gasteiger partial charge on any atom is -0.399 e. The third-order valence-electron chi connectivity index (χ3n) is 2.80. The standard InChI is InChI=1S/C12H17N5/c1-17(2)11-6-5-9(8-15-11)12(14)10(13)4-3-7-16-12/h3-8,16H,13-14H2,1-2H3. The molecule has 0 bridgehead atoms. The van der Waals surface area contributed by atoms with Gasteiger partial charge in [0.25, 0.3) is 0 Å². The van der Waals surface area contributed by atoms with Gasteiger partial charge in [-0.1, -0.05) is 0 Å². The largest absolute Gasteiger partial charge is 0.399 e. The van der Waals surface area contributed by atoms with Gasteiger partial charge in [0, 0.05) is 25.9 Å². The Morgan fingerprint density at radius 1 is 1.35 bits per heavy atom. The van der Waals surface area contributed by atoms with Gasteiger partial charge < -0.3 is 16.0 Å². The van der Waals surface area contributed by atoms with E-state index >= 15 is 0 Å². The van der Waals surface area contributed by atoms with Crippen LogP contribution in [0.5, 0.6) is 0 Å². The highest BCUT2D eigenvalue weighted by molar-refractivity contribution is 5.42. The van der Waals surface area contributed by atoms with Crippen LogP contribution in [0.4, 0.5) is 5.82 Å². The summed E-state index contributed by atoms with van der Waals surface area (Å²) < 4.78 is 0. The first-order valence-corrected chi connectivity index (χ1v) is 5.37. The van der Waals surface area contributed by atoms with Crippen molar-refractivity contribution in [2.24, 2.45) is 11.5 Å². The lowest BCUT2D eigenvalue weighted by molar-refractivity contribution is 0.455. The van der Waals surface area contributed by atoms with Crippen molar-refractivity contribution in [2.75, 3.05) is 19.0 Å². The van der Waals surface area contributed by atoms with E-state index in [2.05, 4.69) is 10.3 Å². The van der Waals surface area contributed by atoms with Crippen molar-refractivity contribution in [1.29, 1.82) is 0 Å². The van der Waals surface area contributed by atoms with Crippen molar-refractivity contribution >= 4 is 5.82 Å². The molecule has 5 N–H and O–H groups in total. The Hall–Kier alpha value is -2.01. The summed E-state index contributed by atoms with van der Waals surface area (Å²) in [6.45, 7) is 0. The van der Waals surface area contributed by atoms with E-state index in [1.54, 1.807) is 18.5 Å². The molecule has 0 aliphatic carbocycles. The summed E-state index contributed by atoms with van der Waals surface area (Å²) in [5.41, 5.74) is 12.7. The molecular weight excluding hydrogens is 214 g/mol. The molecule has 1 aromatic rings. The lowest BCUT2D eigenvalue weighted by atomic mass is 9.96. The molecule has 1 unspecified atom stereocenters. The van der Waals surface area contributed by atoms with E-state index in [-0.39, 0.29) is 0 Å². The van der Waals surface area contributed by atoms with Crippen LogP contribution in [-0.2, 0) is 5.66 Å². The fraction of sp³-hybridized carbons (Fsp3) is 0.250. The number of dihydropyridines is 1. The number of nitrogens with zero attached hydrogens (tertiary/aromatic N) is 2. The fourth-order valence-electron chi connectivity index (χ4n) is 1.68. The normalized spacial score (nSPS) is 22.9. The van der Waals surface area contributed by atoms with Crippen molar-refractivity contribution in [1.82, 2.24) is 10.3 Å². The molecule has 0 saturated heterocycles. The summed E-state index contributed by atoms with van der Waals surface area (Å²) >= 11 is 0. The highest BCUT2D eigenvalue weighted by atomic mass is 15.1. The fourth-order valence-corrected chi connectivity index (χ4v) is 1.68. The molecular formula is C12H17N5. The van der Waals surface area contributed by atoms with Crippen molar-refractivity contribution < 1.29 is 0 Å². The second kappa shape index (κ2) is 4.10. The van der Waals surface area contributed by atoms with Gasteiger partial charge in [-0.05, 0) is 30.5 Å². The third-order valence-corrected chi connectivity index (χ3v) is 2.80. The highest BCUT2D eigenvalue weighted by Crippen LogP contribution is 2.23. The molecule has 0 spiro atoms. The maximum absolute atomic E-state index is 6.24. The van der Waals surface area contributed by atoms with Crippen LogP contribution < -0.4 is 21.7 Å². The average molecular weight is 231 g/mol. The van der Waals surface area contributed by atoms with Crippen LogP contribution >= 0.6 is 0 Å². The number of hydrogen-bond donors (Lipinski definition) is 3. The summed E-state index contributed by atoms with van der Waals surface area (Å²) in [4.78, 5) is 6.26. The van der Waals surface area contributed by atoms with E-state index in [1.807, 2.05) is 37.2 Å². The zero-order valence-corrected chi connectivity index (χ0v) is 10.0. The molecule has 1 aromatic heterocycles. The topological polar surface area (TPSA) is 80.2 Å². The number of anilines is 1. The van der Waals surface area contributed by atoms with Crippen molar-refractivity contribution in [2.45, 2.75) is 5.66 Å². The van der Waals surface area contributed by atoms with E-state index in [0.717, 1.165) is 11.4 Å². The molecule has 17 heavy (non-hydrogen) atoms. The molecule has 5 heteroatoms. The predicted molar refractivity (Wildman–Crippen MR) is 69.0 cm³/mol. The Morgan fingerprint density at radius 2 is 2.12 bits per heavy atom. The first-order valence-electron chi connectivity index (χ1n) is 5.37. The van der Waals surface area contributed by atoms with Gasteiger partial charge in [0.15, 0.2) is 5.66 Å². The van der Waals surface area contributed by atoms with Gasteiger partial charge in [0.2, 0.25) is 0 Å². The molecule has 1 aliphatic rings. The van der Waals surface area contributed by atoms with Crippen LogP contribution in [0.15, 0.2) is 42.4 Å². The van der Waals surface area contributed by atoms with E-state index in [1.165, 1.54) is 0 Å². The summed E-state index contributed by atoms with van der Waals surface area (Å²) in [6.07, 6.45) is 7.12. The molecule has 0 amide bonds. The summed E-state index contributed by atoms with van der Waals surface area (Å²) in [7, 11) is 3.88. The van der Waals surface area contributed by atoms with Crippen LogP contribution in [0.3, 0.4) is 0 Å². The van der Waals surface area contributed by atoms with Crippen molar-refractivity contribution in [3.05, 3.63) is 47.9 Å². The predicted octanol–water partition coefficient (Wildman–Crippen LogP) is 0.219. The molecule has 2 rings (SSSR count). The molecule has 0 fully saturated rings. The van der Waals surface area contributed by atoms with E-state index in [4.69, 9.17) is 11.5 Å². The van der Waals surface area contributed by atoms with Gasteiger partial charge in [0.05, 0.1) is 5.70 Å². The number of rotatable bonds is 2. The minimum atomic E-state index is -0.868. The maximum atomic E-state index is 6.24. The number of aromatic nitrogens is 1. The van der Waals surface area contributed by atoms with E-state index < -0.39 is 5.66 Å². The Balaban J connectivity index is 2.34. The van der Waals surface area contributed by atoms with E-state index in [9.17, 15) is 0 Å². The SMILES string of the molecule is CN(C)c1ccc(C2(N)NC=CC=C2N)cn1. The first kappa shape index (κ1) is 11.5. The number of nitrogens with one attached hydrogen (secondary N) is 1. The van der Waals surface area contributed by atoms with Gasteiger partial charge in [-0.15, -0.1) is 0 Å². The number of pyridine rings is 1.